The van der Waals surface area contributed by atoms with Crippen LogP contribution in [0, 0.1) is 6.92 Å². The van der Waals surface area contributed by atoms with Gasteiger partial charge in [0.25, 0.3) is 0 Å². The lowest BCUT2D eigenvalue weighted by Crippen LogP contribution is -1.96. The number of thiophene rings is 1. The van der Waals surface area contributed by atoms with Crippen molar-refractivity contribution in [2.24, 2.45) is 0 Å². The zero-order chi connectivity index (χ0) is 14.5. The van der Waals surface area contributed by atoms with E-state index in [1.54, 1.807) is 6.07 Å². The Morgan fingerprint density at radius 1 is 1.20 bits per heavy atom. The average molecular weight is 292 g/mol. The van der Waals surface area contributed by atoms with Gasteiger partial charge in [0, 0.05) is 10.4 Å². The average Bonchev–Trinajstić information content (AvgIpc) is 2.80. The van der Waals surface area contributed by atoms with E-state index in [0.717, 1.165) is 21.9 Å². The van der Waals surface area contributed by atoms with Gasteiger partial charge in [-0.25, -0.2) is 4.79 Å². The number of aromatic carboxylic acids is 1. The number of benzene rings is 1. The summed E-state index contributed by atoms with van der Waals surface area (Å²) in [5.41, 5.74) is 0.904. The number of hydrogen-bond donors (Lipinski definition) is 1. The first-order valence-electron chi connectivity index (χ1n) is 6.28. The van der Waals surface area contributed by atoms with Gasteiger partial charge in [-0.15, -0.1) is 11.3 Å². The van der Waals surface area contributed by atoms with Crippen molar-refractivity contribution >= 4 is 17.3 Å². The molecule has 0 saturated carbocycles. The molecule has 0 fully saturated rings. The van der Waals surface area contributed by atoms with Crippen LogP contribution in [-0.4, -0.2) is 17.7 Å². The summed E-state index contributed by atoms with van der Waals surface area (Å²) in [7, 11) is 0. The Balaban J connectivity index is 1.99. The summed E-state index contributed by atoms with van der Waals surface area (Å²) in [6.45, 7) is 4.83. The summed E-state index contributed by atoms with van der Waals surface area (Å²) >= 11 is 1.27. The van der Waals surface area contributed by atoms with Crippen molar-refractivity contribution in [2.45, 2.75) is 20.5 Å². The summed E-state index contributed by atoms with van der Waals surface area (Å²) in [4.78, 5) is 12.2. The monoisotopic (exact) mass is 292 g/mol. The fourth-order valence-electron chi connectivity index (χ4n) is 1.73. The van der Waals surface area contributed by atoms with Crippen LogP contribution in [0.1, 0.15) is 27.0 Å². The van der Waals surface area contributed by atoms with Crippen LogP contribution in [-0.2, 0) is 6.61 Å². The van der Waals surface area contributed by atoms with Gasteiger partial charge in [0.15, 0.2) is 0 Å². The van der Waals surface area contributed by atoms with Gasteiger partial charge in [-0.2, -0.15) is 0 Å². The normalized spacial score (nSPS) is 10.3. The molecule has 106 valence electrons. The number of aryl methyl sites for hydroxylation is 1. The van der Waals surface area contributed by atoms with E-state index in [1.807, 2.05) is 38.1 Å². The van der Waals surface area contributed by atoms with Crippen molar-refractivity contribution in [3.05, 3.63) is 45.6 Å². The van der Waals surface area contributed by atoms with Crippen molar-refractivity contribution in [1.29, 1.82) is 0 Å². The van der Waals surface area contributed by atoms with E-state index in [1.165, 1.54) is 11.3 Å². The molecule has 0 amide bonds. The summed E-state index contributed by atoms with van der Waals surface area (Å²) in [6.07, 6.45) is 0. The predicted octanol–water partition coefficient (Wildman–Crippen LogP) is 3.73. The molecule has 0 aliphatic heterocycles. The molecule has 0 atom stereocenters. The first kappa shape index (κ1) is 14.4. The number of hydrogen-bond acceptors (Lipinski definition) is 4. The number of ether oxygens (including phenoxy) is 2. The van der Waals surface area contributed by atoms with Crippen molar-refractivity contribution in [3.8, 4) is 11.5 Å². The molecule has 1 N–H and O–H groups in total. The van der Waals surface area contributed by atoms with Gasteiger partial charge in [0.2, 0.25) is 0 Å². The maximum absolute atomic E-state index is 10.9. The van der Waals surface area contributed by atoms with Gasteiger partial charge < -0.3 is 14.6 Å². The standard InChI is InChI=1S/C15H16O4S/c1-3-18-12-4-6-13(7-5-12)19-9-11-8-14(15(16)17)20-10(11)2/h4-8H,3,9H2,1-2H3,(H,16,17). The van der Waals surface area contributed by atoms with Crippen LogP contribution < -0.4 is 9.47 Å². The fraction of sp³-hybridized carbons (Fsp3) is 0.267. The molecular formula is C15H16O4S. The molecule has 1 aromatic carbocycles. The van der Waals surface area contributed by atoms with E-state index >= 15 is 0 Å². The Hall–Kier alpha value is -2.01. The fourth-order valence-corrected chi connectivity index (χ4v) is 2.60. The minimum atomic E-state index is -0.898. The first-order chi connectivity index (χ1) is 9.60. The number of rotatable bonds is 6. The molecule has 0 saturated heterocycles. The molecule has 0 spiro atoms. The molecule has 5 heteroatoms. The minimum Gasteiger partial charge on any atom is -0.494 e. The van der Waals surface area contributed by atoms with Crippen LogP contribution >= 0.6 is 11.3 Å². The second-order valence-corrected chi connectivity index (χ2v) is 5.45. The van der Waals surface area contributed by atoms with Crippen LogP contribution in [0.2, 0.25) is 0 Å². The Morgan fingerprint density at radius 3 is 2.30 bits per heavy atom. The maximum Gasteiger partial charge on any atom is 0.345 e. The van der Waals surface area contributed by atoms with Crippen LogP contribution in [0.25, 0.3) is 0 Å². The van der Waals surface area contributed by atoms with Gasteiger partial charge in [-0.05, 0) is 44.2 Å². The molecule has 0 aliphatic carbocycles. The van der Waals surface area contributed by atoms with Gasteiger partial charge in [0.1, 0.15) is 23.0 Å². The van der Waals surface area contributed by atoms with Gasteiger partial charge in [0.05, 0.1) is 6.61 Å². The topological polar surface area (TPSA) is 55.8 Å². The zero-order valence-electron chi connectivity index (χ0n) is 11.4. The van der Waals surface area contributed by atoms with Crippen LogP contribution in [0.5, 0.6) is 11.5 Å². The number of carbonyl (C=O) groups is 1. The molecule has 20 heavy (non-hydrogen) atoms. The van der Waals surface area contributed by atoms with E-state index in [-0.39, 0.29) is 0 Å². The predicted molar refractivity (Wildman–Crippen MR) is 78.0 cm³/mol. The molecule has 0 unspecified atom stereocenters. The molecule has 0 bridgehead atoms. The zero-order valence-corrected chi connectivity index (χ0v) is 12.2. The van der Waals surface area contributed by atoms with Crippen molar-refractivity contribution in [3.63, 3.8) is 0 Å². The van der Waals surface area contributed by atoms with Gasteiger partial charge >= 0.3 is 5.97 Å². The second-order valence-electron chi connectivity index (χ2n) is 4.19. The molecule has 1 heterocycles. The van der Waals surface area contributed by atoms with Crippen molar-refractivity contribution in [1.82, 2.24) is 0 Å². The molecule has 4 nitrogen and oxygen atoms in total. The Bertz CT molecular complexity index is 586. The highest BCUT2D eigenvalue weighted by atomic mass is 32.1. The number of carboxylic acid groups (broad SMARTS) is 1. The lowest BCUT2D eigenvalue weighted by molar-refractivity contribution is 0.0702. The molecule has 1 aromatic heterocycles. The van der Waals surface area contributed by atoms with Crippen LogP contribution in [0.15, 0.2) is 30.3 Å². The molecule has 0 aliphatic rings. The molecule has 2 rings (SSSR count). The van der Waals surface area contributed by atoms with E-state index in [0.29, 0.717) is 18.1 Å². The van der Waals surface area contributed by atoms with E-state index in [9.17, 15) is 4.79 Å². The summed E-state index contributed by atoms with van der Waals surface area (Å²) in [5, 5.41) is 8.94. The highest BCUT2D eigenvalue weighted by molar-refractivity contribution is 7.14. The highest BCUT2D eigenvalue weighted by Crippen LogP contribution is 2.24. The van der Waals surface area contributed by atoms with E-state index < -0.39 is 5.97 Å². The first-order valence-corrected chi connectivity index (χ1v) is 7.10. The highest BCUT2D eigenvalue weighted by Gasteiger charge is 2.11. The summed E-state index contributed by atoms with van der Waals surface area (Å²) in [5.74, 6) is 0.640. The third kappa shape index (κ3) is 3.51. The summed E-state index contributed by atoms with van der Waals surface area (Å²) < 4.78 is 11.0. The van der Waals surface area contributed by atoms with Crippen molar-refractivity contribution < 1.29 is 19.4 Å². The molecule has 2 aromatic rings. The largest absolute Gasteiger partial charge is 0.494 e. The van der Waals surface area contributed by atoms with Crippen molar-refractivity contribution in [2.75, 3.05) is 6.61 Å². The molecular weight excluding hydrogens is 276 g/mol. The van der Waals surface area contributed by atoms with Crippen LogP contribution in [0.4, 0.5) is 0 Å². The Morgan fingerprint density at radius 2 is 1.80 bits per heavy atom. The third-order valence-corrected chi connectivity index (χ3v) is 3.84. The van der Waals surface area contributed by atoms with Crippen LogP contribution in [0.3, 0.4) is 0 Å². The second kappa shape index (κ2) is 6.43. The Labute approximate surface area is 121 Å². The molecule has 0 radical (unpaired) electrons. The smallest absolute Gasteiger partial charge is 0.345 e. The minimum absolute atomic E-state index is 0.341. The number of carboxylic acids is 1. The lowest BCUT2D eigenvalue weighted by atomic mass is 10.2. The third-order valence-electron chi connectivity index (χ3n) is 2.76. The van der Waals surface area contributed by atoms with E-state index in [2.05, 4.69) is 0 Å². The Kier molecular flexibility index (Phi) is 4.63. The summed E-state index contributed by atoms with van der Waals surface area (Å²) in [6, 6.07) is 9.04. The van der Waals surface area contributed by atoms with Gasteiger partial charge in [-0.1, -0.05) is 0 Å². The van der Waals surface area contributed by atoms with Gasteiger partial charge in [-0.3, -0.25) is 0 Å². The maximum atomic E-state index is 10.9. The quantitative estimate of drug-likeness (QED) is 0.881. The van der Waals surface area contributed by atoms with E-state index in [4.69, 9.17) is 14.6 Å². The lowest BCUT2D eigenvalue weighted by Gasteiger charge is -2.07. The SMILES string of the molecule is CCOc1ccc(OCc2cc(C(=O)O)sc2C)cc1.